The van der Waals surface area contributed by atoms with Gasteiger partial charge in [0.15, 0.2) is 0 Å². The van der Waals surface area contributed by atoms with Crippen molar-refractivity contribution in [3.63, 3.8) is 0 Å². The molecule has 6 heteroatoms. The zero-order valence-corrected chi connectivity index (χ0v) is 17.5. The molecular formula is C23H31N5O. The summed E-state index contributed by atoms with van der Waals surface area (Å²) in [5.74, 6) is 1.97. The second-order valence-corrected chi connectivity index (χ2v) is 8.02. The van der Waals surface area contributed by atoms with Gasteiger partial charge in [-0.05, 0) is 25.7 Å². The van der Waals surface area contributed by atoms with Crippen LogP contribution in [0.25, 0.3) is 11.3 Å². The normalized spacial score (nSPS) is 20.1. The van der Waals surface area contributed by atoms with E-state index >= 15 is 0 Å². The van der Waals surface area contributed by atoms with E-state index in [0.717, 1.165) is 62.2 Å². The molecule has 0 radical (unpaired) electrons. The predicted octanol–water partition coefficient (Wildman–Crippen LogP) is 3.58. The third-order valence-electron chi connectivity index (χ3n) is 6.17. The summed E-state index contributed by atoms with van der Waals surface area (Å²) in [6.07, 6.45) is 4.81. The Kier molecular flexibility index (Phi) is 5.97. The monoisotopic (exact) mass is 393 g/mol. The third-order valence-corrected chi connectivity index (χ3v) is 6.17. The van der Waals surface area contributed by atoms with Crippen LogP contribution in [0.4, 0.5) is 11.8 Å². The van der Waals surface area contributed by atoms with Crippen molar-refractivity contribution in [2.45, 2.75) is 45.6 Å². The Bertz CT molecular complexity index is 832. The Morgan fingerprint density at radius 2 is 1.79 bits per heavy atom. The highest BCUT2D eigenvalue weighted by molar-refractivity contribution is 5.73. The number of carbonyl (C=O) groups is 1. The van der Waals surface area contributed by atoms with Gasteiger partial charge in [-0.25, -0.2) is 4.98 Å². The number of nitrogens with zero attached hydrogens (tertiary/aromatic N) is 5. The summed E-state index contributed by atoms with van der Waals surface area (Å²) in [4.78, 5) is 28.3. The van der Waals surface area contributed by atoms with Crippen molar-refractivity contribution in [2.24, 2.45) is 0 Å². The molecule has 2 fully saturated rings. The minimum Gasteiger partial charge on any atom is -0.353 e. The maximum Gasteiger partial charge on any atom is 0.228 e. The first kappa shape index (κ1) is 19.7. The minimum atomic E-state index is 0.150. The van der Waals surface area contributed by atoms with Crippen LogP contribution in [0, 0.1) is 0 Å². The van der Waals surface area contributed by atoms with Crippen molar-refractivity contribution < 1.29 is 4.79 Å². The van der Waals surface area contributed by atoms with Gasteiger partial charge in [0.25, 0.3) is 0 Å². The Morgan fingerprint density at radius 3 is 2.48 bits per heavy atom. The molecule has 2 saturated heterocycles. The van der Waals surface area contributed by atoms with E-state index < -0.39 is 0 Å². The topological polar surface area (TPSA) is 52.6 Å². The van der Waals surface area contributed by atoms with Gasteiger partial charge in [0.1, 0.15) is 5.82 Å². The highest BCUT2D eigenvalue weighted by Gasteiger charge is 2.26. The maximum absolute atomic E-state index is 11.7. The van der Waals surface area contributed by atoms with Gasteiger partial charge in [-0.1, -0.05) is 37.3 Å². The van der Waals surface area contributed by atoms with Crippen molar-refractivity contribution in [3.05, 3.63) is 36.4 Å². The highest BCUT2D eigenvalue weighted by Crippen LogP contribution is 2.29. The molecule has 0 aliphatic carbocycles. The van der Waals surface area contributed by atoms with Gasteiger partial charge in [0.2, 0.25) is 11.9 Å². The van der Waals surface area contributed by atoms with Crippen molar-refractivity contribution >= 4 is 17.7 Å². The number of piperidine rings is 1. The van der Waals surface area contributed by atoms with E-state index in [9.17, 15) is 4.79 Å². The Labute approximate surface area is 173 Å². The molecule has 4 rings (SSSR count). The Balaban J connectivity index is 1.68. The van der Waals surface area contributed by atoms with E-state index in [2.05, 4.69) is 47.1 Å². The SMILES string of the molecule is CCC1CCCCN1c1nc(-c2ccccc2)cc(N2CCN(C(C)=O)CC2)n1. The van der Waals surface area contributed by atoms with Crippen LogP contribution >= 0.6 is 0 Å². The fraction of sp³-hybridized carbons (Fsp3) is 0.522. The predicted molar refractivity (Wildman–Crippen MR) is 117 cm³/mol. The first-order chi connectivity index (χ1) is 14.2. The van der Waals surface area contributed by atoms with Gasteiger partial charge in [0.05, 0.1) is 5.69 Å². The van der Waals surface area contributed by atoms with Crippen LogP contribution < -0.4 is 9.80 Å². The van der Waals surface area contributed by atoms with Gasteiger partial charge in [0, 0.05) is 57.3 Å². The fourth-order valence-electron chi connectivity index (χ4n) is 4.41. The molecule has 3 heterocycles. The number of hydrogen-bond donors (Lipinski definition) is 0. The van der Waals surface area contributed by atoms with Crippen LogP contribution in [0.2, 0.25) is 0 Å². The molecule has 1 aromatic heterocycles. The molecular weight excluding hydrogens is 362 g/mol. The number of piperazine rings is 1. The van der Waals surface area contributed by atoms with Crippen LogP contribution in [0.1, 0.15) is 39.5 Å². The minimum absolute atomic E-state index is 0.150. The smallest absolute Gasteiger partial charge is 0.228 e. The number of anilines is 2. The van der Waals surface area contributed by atoms with Gasteiger partial charge in [-0.2, -0.15) is 4.98 Å². The fourth-order valence-corrected chi connectivity index (χ4v) is 4.41. The van der Waals surface area contributed by atoms with Crippen LogP contribution in [0.3, 0.4) is 0 Å². The lowest BCUT2D eigenvalue weighted by atomic mass is 10.0. The van der Waals surface area contributed by atoms with Crippen LogP contribution in [0.5, 0.6) is 0 Å². The number of benzene rings is 1. The molecule has 0 saturated carbocycles. The summed E-state index contributed by atoms with van der Waals surface area (Å²) in [7, 11) is 0. The molecule has 0 N–H and O–H groups in total. The molecule has 1 atom stereocenters. The largest absolute Gasteiger partial charge is 0.353 e. The molecule has 1 amide bonds. The van der Waals surface area contributed by atoms with E-state index in [1.165, 1.54) is 19.3 Å². The van der Waals surface area contributed by atoms with Gasteiger partial charge in [-0.3, -0.25) is 4.79 Å². The standard InChI is InChI=1S/C23H31N5O/c1-3-20-11-7-8-12-28(20)23-24-21(19-9-5-4-6-10-19)17-22(25-23)27-15-13-26(14-16-27)18(2)29/h4-6,9-10,17,20H,3,7-8,11-16H2,1-2H3. The third kappa shape index (κ3) is 4.36. The summed E-state index contributed by atoms with van der Waals surface area (Å²) in [6.45, 7) is 8.03. The molecule has 2 aliphatic rings. The zero-order chi connectivity index (χ0) is 20.2. The molecule has 2 aromatic rings. The second kappa shape index (κ2) is 8.80. The lowest BCUT2D eigenvalue weighted by Gasteiger charge is -2.37. The van der Waals surface area contributed by atoms with Crippen molar-refractivity contribution in [1.82, 2.24) is 14.9 Å². The van der Waals surface area contributed by atoms with Crippen LogP contribution in [-0.2, 0) is 4.79 Å². The molecule has 0 bridgehead atoms. The van der Waals surface area contributed by atoms with Crippen molar-refractivity contribution in [2.75, 3.05) is 42.5 Å². The van der Waals surface area contributed by atoms with E-state index in [-0.39, 0.29) is 5.91 Å². The van der Waals surface area contributed by atoms with Gasteiger partial charge < -0.3 is 14.7 Å². The van der Waals surface area contributed by atoms with Gasteiger partial charge >= 0.3 is 0 Å². The molecule has 1 aromatic carbocycles. The average Bonchev–Trinajstić information content (AvgIpc) is 2.79. The quantitative estimate of drug-likeness (QED) is 0.795. The van der Waals surface area contributed by atoms with Crippen molar-refractivity contribution in [1.29, 1.82) is 0 Å². The summed E-state index contributed by atoms with van der Waals surface area (Å²) in [6, 6.07) is 13.0. The summed E-state index contributed by atoms with van der Waals surface area (Å²) in [5.41, 5.74) is 2.09. The number of aromatic nitrogens is 2. The van der Waals surface area contributed by atoms with Gasteiger partial charge in [-0.15, -0.1) is 0 Å². The number of rotatable bonds is 4. The summed E-state index contributed by atoms with van der Waals surface area (Å²) >= 11 is 0. The number of carbonyl (C=O) groups excluding carboxylic acids is 1. The molecule has 0 spiro atoms. The molecule has 1 unspecified atom stereocenters. The Morgan fingerprint density at radius 1 is 1.03 bits per heavy atom. The molecule has 154 valence electrons. The first-order valence-corrected chi connectivity index (χ1v) is 10.9. The van der Waals surface area contributed by atoms with E-state index in [1.54, 1.807) is 6.92 Å². The second-order valence-electron chi connectivity index (χ2n) is 8.02. The van der Waals surface area contributed by atoms with Crippen LogP contribution in [-0.4, -0.2) is 59.5 Å². The maximum atomic E-state index is 11.7. The first-order valence-electron chi connectivity index (χ1n) is 10.9. The molecule has 6 nitrogen and oxygen atoms in total. The zero-order valence-electron chi connectivity index (χ0n) is 17.5. The Hall–Kier alpha value is -2.63. The highest BCUT2D eigenvalue weighted by atomic mass is 16.2. The summed E-state index contributed by atoms with van der Waals surface area (Å²) in [5, 5.41) is 0. The van der Waals surface area contributed by atoms with Crippen LogP contribution in [0.15, 0.2) is 36.4 Å². The summed E-state index contributed by atoms with van der Waals surface area (Å²) < 4.78 is 0. The average molecular weight is 394 g/mol. The van der Waals surface area contributed by atoms with E-state index in [1.807, 2.05) is 11.0 Å². The molecule has 2 aliphatic heterocycles. The van der Waals surface area contributed by atoms with Crippen molar-refractivity contribution in [3.8, 4) is 11.3 Å². The lowest BCUT2D eigenvalue weighted by Crippen LogP contribution is -2.48. The number of amides is 1. The molecule has 29 heavy (non-hydrogen) atoms. The van der Waals surface area contributed by atoms with E-state index in [0.29, 0.717) is 6.04 Å². The lowest BCUT2D eigenvalue weighted by molar-refractivity contribution is -0.129. The van der Waals surface area contributed by atoms with E-state index in [4.69, 9.17) is 9.97 Å². The number of hydrogen-bond acceptors (Lipinski definition) is 5.